The standard InChI is InChI=1S/C6H11ClO2/c1-5(8)2-3-6(9)4-7/h6,9H,2-4H2,1H3/t6-/m0/s1. The van der Waals surface area contributed by atoms with Crippen molar-refractivity contribution < 1.29 is 9.90 Å². The Morgan fingerprint density at radius 3 is 2.67 bits per heavy atom. The number of Topliss-reactive ketones (excluding diaryl/α,β-unsaturated/α-hetero) is 1. The molecule has 0 rings (SSSR count). The molecule has 0 bridgehead atoms. The lowest BCUT2D eigenvalue weighted by atomic mass is 10.2. The quantitative estimate of drug-likeness (QED) is 0.606. The second kappa shape index (κ2) is 4.77. The van der Waals surface area contributed by atoms with Crippen LogP contribution in [0.3, 0.4) is 0 Å². The zero-order valence-electron chi connectivity index (χ0n) is 5.43. The summed E-state index contributed by atoms with van der Waals surface area (Å²) < 4.78 is 0. The summed E-state index contributed by atoms with van der Waals surface area (Å²) in [7, 11) is 0. The van der Waals surface area contributed by atoms with Gasteiger partial charge in [-0.2, -0.15) is 0 Å². The molecule has 1 N–H and O–H groups in total. The summed E-state index contributed by atoms with van der Waals surface area (Å²) in [6.45, 7) is 1.50. The molecule has 0 unspecified atom stereocenters. The molecule has 0 aliphatic heterocycles. The van der Waals surface area contributed by atoms with Crippen molar-refractivity contribution in [2.75, 3.05) is 5.88 Å². The molecule has 0 aliphatic carbocycles. The first kappa shape index (κ1) is 8.92. The minimum Gasteiger partial charge on any atom is -0.392 e. The van der Waals surface area contributed by atoms with Gasteiger partial charge in [-0.15, -0.1) is 11.6 Å². The summed E-state index contributed by atoms with van der Waals surface area (Å²) in [4.78, 5) is 10.3. The molecule has 1 atom stereocenters. The number of rotatable bonds is 4. The van der Waals surface area contributed by atoms with E-state index in [1.165, 1.54) is 6.92 Å². The second-order valence-electron chi connectivity index (χ2n) is 2.05. The number of ketones is 1. The van der Waals surface area contributed by atoms with Gasteiger partial charge in [0.1, 0.15) is 5.78 Å². The monoisotopic (exact) mass is 150 g/mol. The summed E-state index contributed by atoms with van der Waals surface area (Å²) in [5.41, 5.74) is 0. The third kappa shape index (κ3) is 5.80. The van der Waals surface area contributed by atoms with E-state index in [9.17, 15) is 4.79 Å². The van der Waals surface area contributed by atoms with Crippen molar-refractivity contribution >= 4 is 17.4 Å². The molecule has 0 aromatic rings. The topological polar surface area (TPSA) is 37.3 Å². The van der Waals surface area contributed by atoms with E-state index in [0.29, 0.717) is 12.8 Å². The van der Waals surface area contributed by atoms with Gasteiger partial charge >= 0.3 is 0 Å². The van der Waals surface area contributed by atoms with Crippen LogP contribution in [-0.2, 0) is 4.79 Å². The Morgan fingerprint density at radius 1 is 1.78 bits per heavy atom. The fraction of sp³-hybridized carbons (Fsp3) is 0.833. The highest BCUT2D eigenvalue weighted by atomic mass is 35.5. The number of carbonyl (C=O) groups is 1. The highest BCUT2D eigenvalue weighted by Crippen LogP contribution is 1.98. The fourth-order valence-electron chi connectivity index (χ4n) is 0.447. The lowest BCUT2D eigenvalue weighted by Crippen LogP contribution is -2.09. The molecule has 0 saturated heterocycles. The van der Waals surface area contributed by atoms with Crippen LogP contribution in [0.15, 0.2) is 0 Å². The van der Waals surface area contributed by atoms with Gasteiger partial charge < -0.3 is 9.90 Å². The molecule has 0 spiro atoms. The maximum Gasteiger partial charge on any atom is 0.129 e. The van der Waals surface area contributed by atoms with Crippen LogP contribution in [-0.4, -0.2) is 22.9 Å². The SMILES string of the molecule is CC(=O)CC[C@H](O)CCl. The van der Waals surface area contributed by atoms with Crippen molar-refractivity contribution in [2.45, 2.75) is 25.9 Å². The maximum atomic E-state index is 10.3. The molecule has 54 valence electrons. The third-order valence-electron chi connectivity index (χ3n) is 1.01. The molecule has 0 saturated carbocycles. The van der Waals surface area contributed by atoms with E-state index in [-0.39, 0.29) is 11.7 Å². The van der Waals surface area contributed by atoms with Gasteiger partial charge in [0.2, 0.25) is 0 Å². The normalized spacial score (nSPS) is 13.2. The molecule has 0 aromatic carbocycles. The van der Waals surface area contributed by atoms with Gasteiger partial charge in [0.15, 0.2) is 0 Å². The number of hydrogen-bond donors (Lipinski definition) is 1. The number of carbonyl (C=O) groups excluding carboxylic acids is 1. The summed E-state index contributed by atoms with van der Waals surface area (Å²) in [5, 5.41) is 8.82. The van der Waals surface area contributed by atoms with E-state index in [1.54, 1.807) is 0 Å². The molecule has 0 aromatic heterocycles. The minimum atomic E-state index is -0.518. The Bertz CT molecular complexity index is 93.1. The van der Waals surface area contributed by atoms with Crippen molar-refractivity contribution in [3.63, 3.8) is 0 Å². The number of aliphatic hydroxyl groups is 1. The van der Waals surface area contributed by atoms with Crippen molar-refractivity contribution in [3.8, 4) is 0 Å². The Balaban J connectivity index is 3.16. The predicted molar refractivity (Wildman–Crippen MR) is 36.6 cm³/mol. The van der Waals surface area contributed by atoms with Crippen molar-refractivity contribution in [3.05, 3.63) is 0 Å². The first-order valence-corrected chi connectivity index (χ1v) is 3.43. The van der Waals surface area contributed by atoms with Crippen LogP contribution in [0.5, 0.6) is 0 Å². The van der Waals surface area contributed by atoms with Gasteiger partial charge in [0, 0.05) is 12.3 Å². The molecule has 0 radical (unpaired) electrons. The average molecular weight is 151 g/mol. The number of alkyl halides is 1. The van der Waals surface area contributed by atoms with Gasteiger partial charge in [-0.05, 0) is 13.3 Å². The molecule has 2 nitrogen and oxygen atoms in total. The van der Waals surface area contributed by atoms with Crippen LogP contribution in [0.1, 0.15) is 19.8 Å². The van der Waals surface area contributed by atoms with Crippen LogP contribution >= 0.6 is 11.6 Å². The van der Waals surface area contributed by atoms with Gasteiger partial charge in [-0.25, -0.2) is 0 Å². The highest BCUT2D eigenvalue weighted by molar-refractivity contribution is 6.18. The number of aliphatic hydroxyl groups excluding tert-OH is 1. The Morgan fingerprint density at radius 2 is 2.33 bits per heavy atom. The summed E-state index contributed by atoms with van der Waals surface area (Å²) >= 11 is 5.27. The van der Waals surface area contributed by atoms with E-state index in [4.69, 9.17) is 16.7 Å². The predicted octanol–water partition coefficient (Wildman–Crippen LogP) is 0.955. The molecular formula is C6H11ClO2. The summed E-state index contributed by atoms with van der Waals surface area (Å²) in [5.74, 6) is 0.312. The van der Waals surface area contributed by atoms with E-state index >= 15 is 0 Å². The molecule has 0 amide bonds. The first-order valence-electron chi connectivity index (χ1n) is 2.90. The number of halogens is 1. The lowest BCUT2D eigenvalue weighted by molar-refractivity contribution is -0.117. The molecule has 0 heterocycles. The zero-order valence-corrected chi connectivity index (χ0v) is 6.19. The Labute approximate surface area is 59.8 Å². The Kier molecular flexibility index (Phi) is 4.72. The van der Waals surface area contributed by atoms with E-state index in [1.807, 2.05) is 0 Å². The van der Waals surface area contributed by atoms with Crippen LogP contribution in [0, 0.1) is 0 Å². The van der Waals surface area contributed by atoms with E-state index in [2.05, 4.69) is 0 Å². The highest BCUT2D eigenvalue weighted by Gasteiger charge is 2.02. The van der Waals surface area contributed by atoms with Gasteiger partial charge in [0.25, 0.3) is 0 Å². The van der Waals surface area contributed by atoms with Gasteiger partial charge in [-0.3, -0.25) is 0 Å². The van der Waals surface area contributed by atoms with E-state index < -0.39 is 6.10 Å². The lowest BCUT2D eigenvalue weighted by Gasteiger charge is -2.02. The third-order valence-corrected chi connectivity index (χ3v) is 1.36. The van der Waals surface area contributed by atoms with Gasteiger partial charge in [-0.1, -0.05) is 0 Å². The van der Waals surface area contributed by atoms with Gasteiger partial charge in [0.05, 0.1) is 6.10 Å². The largest absolute Gasteiger partial charge is 0.392 e. The van der Waals surface area contributed by atoms with Crippen LogP contribution < -0.4 is 0 Å². The minimum absolute atomic E-state index is 0.0965. The summed E-state index contributed by atoms with van der Waals surface area (Å²) in [6.07, 6.45) is 0.391. The number of hydrogen-bond acceptors (Lipinski definition) is 2. The summed E-state index contributed by atoms with van der Waals surface area (Å²) in [6, 6.07) is 0. The molecule has 0 fully saturated rings. The maximum absolute atomic E-state index is 10.3. The van der Waals surface area contributed by atoms with Crippen LogP contribution in [0.25, 0.3) is 0 Å². The fourth-order valence-corrected chi connectivity index (χ4v) is 0.601. The van der Waals surface area contributed by atoms with E-state index in [0.717, 1.165) is 0 Å². The zero-order chi connectivity index (χ0) is 7.28. The Hall–Kier alpha value is -0.0800. The van der Waals surface area contributed by atoms with Crippen molar-refractivity contribution in [1.29, 1.82) is 0 Å². The molecule has 9 heavy (non-hydrogen) atoms. The molecular weight excluding hydrogens is 140 g/mol. The first-order chi connectivity index (χ1) is 4.16. The van der Waals surface area contributed by atoms with Crippen LogP contribution in [0.4, 0.5) is 0 Å². The molecule has 3 heteroatoms. The second-order valence-corrected chi connectivity index (χ2v) is 2.36. The van der Waals surface area contributed by atoms with Crippen molar-refractivity contribution in [2.24, 2.45) is 0 Å². The van der Waals surface area contributed by atoms with Crippen LogP contribution in [0.2, 0.25) is 0 Å². The average Bonchev–Trinajstić information content (AvgIpc) is 1.83. The molecule has 0 aliphatic rings. The van der Waals surface area contributed by atoms with Crippen molar-refractivity contribution in [1.82, 2.24) is 0 Å². The smallest absolute Gasteiger partial charge is 0.129 e.